The third-order valence-corrected chi connectivity index (χ3v) is 4.77. The molecule has 0 aromatic heterocycles. The maximum absolute atomic E-state index is 12.9. The maximum atomic E-state index is 12.9. The average Bonchev–Trinajstić information content (AvgIpc) is 2.73. The highest BCUT2D eigenvalue weighted by atomic mass is 19.1. The van der Waals surface area contributed by atoms with Crippen LogP contribution in [0.2, 0.25) is 0 Å². The Morgan fingerprint density at radius 1 is 0.857 bits per heavy atom. The number of amides is 3. The Bertz CT molecular complexity index is 857. The Labute approximate surface area is 162 Å². The fourth-order valence-electron chi connectivity index (χ4n) is 3.06. The number of carbonyl (C=O) groups excluding carboxylic acids is 3. The standard InChI is InChI=1S/C21H22FN3O3/c1-15(26)24-10-12-25(13-11-24)21(28)18-6-4-17(5-7-18)20(27)23-14-16-2-8-19(22)9-3-16/h2-9H,10-14H2,1H3,(H,23,27). The molecule has 0 spiro atoms. The highest BCUT2D eigenvalue weighted by molar-refractivity contribution is 5.97. The van der Waals surface area contributed by atoms with Gasteiger partial charge in [0, 0.05) is 50.8 Å². The van der Waals surface area contributed by atoms with Crippen molar-refractivity contribution in [1.82, 2.24) is 15.1 Å². The van der Waals surface area contributed by atoms with Crippen LogP contribution in [0, 0.1) is 5.82 Å². The summed E-state index contributed by atoms with van der Waals surface area (Å²) in [5.74, 6) is -0.680. The van der Waals surface area contributed by atoms with E-state index in [0.29, 0.717) is 43.9 Å². The number of nitrogens with one attached hydrogen (secondary N) is 1. The highest BCUT2D eigenvalue weighted by Gasteiger charge is 2.23. The SMILES string of the molecule is CC(=O)N1CCN(C(=O)c2ccc(C(=O)NCc3ccc(F)cc3)cc2)CC1. The Balaban J connectivity index is 1.55. The van der Waals surface area contributed by atoms with Crippen LogP contribution in [0.3, 0.4) is 0 Å². The molecule has 1 fully saturated rings. The van der Waals surface area contributed by atoms with Crippen molar-refractivity contribution in [3.8, 4) is 0 Å². The number of halogens is 1. The third-order valence-electron chi connectivity index (χ3n) is 4.77. The van der Waals surface area contributed by atoms with Crippen LogP contribution in [-0.2, 0) is 11.3 Å². The molecule has 0 atom stereocenters. The zero-order chi connectivity index (χ0) is 20.1. The van der Waals surface area contributed by atoms with E-state index in [9.17, 15) is 18.8 Å². The summed E-state index contributed by atoms with van der Waals surface area (Å²) >= 11 is 0. The Morgan fingerprint density at radius 2 is 1.39 bits per heavy atom. The van der Waals surface area contributed by atoms with E-state index in [4.69, 9.17) is 0 Å². The maximum Gasteiger partial charge on any atom is 0.253 e. The van der Waals surface area contributed by atoms with Crippen molar-refractivity contribution in [3.05, 3.63) is 71.0 Å². The minimum Gasteiger partial charge on any atom is -0.348 e. The normalized spacial score (nSPS) is 13.9. The highest BCUT2D eigenvalue weighted by Crippen LogP contribution is 2.11. The summed E-state index contributed by atoms with van der Waals surface area (Å²) in [6.45, 7) is 3.88. The van der Waals surface area contributed by atoms with Crippen LogP contribution in [0.1, 0.15) is 33.2 Å². The van der Waals surface area contributed by atoms with Crippen LogP contribution in [0.15, 0.2) is 48.5 Å². The molecular formula is C21H22FN3O3. The summed E-state index contributed by atoms with van der Waals surface area (Å²) in [5.41, 5.74) is 1.75. The predicted octanol–water partition coefficient (Wildman–Crippen LogP) is 2.06. The van der Waals surface area contributed by atoms with E-state index in [2.05, 4.69) is 5.32 Å². The fourth-order valence-corrected chi connectivity index (χ4v) is 3.06. The van der Waals surface area contributed by atoms with Gasteiger partial charge in [-0.25, -0.2) is 4.39 Å². The second-order valence-electron chi connectivity index (χ2n) is 6.68. The molecule has 146 valence electrons. The van der Waals surface area contributed by atoms with Crippen LogP contribution >= 0.6 is 0 Å². The molecule has 2 aromatic carbocycles. The van der Waals surface area contributed by atoms with Gasteiger partial charge in [0.15, 0.2) is 0 Å². The first kappa shape index (κ1) is 19.5. The van der Waals surface area contributed by atoms with Crippen LogP contribution in [-0.4, -0.2) is 53.7 Å². The lowest BCUT2D eigenvalue weighted by molar-refractivity contribution is -0.130. The molecule has 1 N–H and O–H groups in total. The van der Waals surface area contributed by atoms with Gasteiger partial charge >= 0.3 is 0 Å². The number of hydrogen-bond acceptors (Lipinski definition) is 3. The molecule has 0 bridgehead atoms. The van der Waals surface area contributed by atoms with Crippen molar-refractivity contribution in [1.29, 1.82) is 0 Å². The van der Waals surface area contributed by atoms with Crippen molar-refractivity contribution >= 4 is 17.7 Å². The number of carbonyl (C=O) groups is 3. The minimum absolute atomic E-state index is 0.0168. The van der Waals surface area contributed by atoms with E-state index in [0.717, 1.165) is 5.56 Å². The monoisotopic (exact) mass is 383 g/mol. The summed E-state index contributed by atoms with van der Waals surface area (Å²) in [5, 5.41) is 2.77. The van der Waals surface area contributed by atoms with Gasteiger partial charge in [0.25, 0.3) is 11.8 Å². The molecule has 3 amide bonds. The first-order valence-electron chi connectivity index (χ1n) is 9.11. The number of benzene rings is 2. The molecule has 1 aliphatic heterocycles. The third kappa shape index (κ3) is 4.73. The molecule has 1 aliphatic rings. The van der Waals surface area contributed by atoms with Crippen molar-refractivity contribution in [2.75, 3.05) is 26.2 Å². The molecule has 0 saturated carbocycles. The average molecular weight is 383 g/mol. The van der Waals surface area contributed by atoms with E-state index in [1.165, 1.54) is 19.1 Å². The van der Waals surface area contributed by atoms with E-state index < -0.39 is 0 Å². The first-order valence-corrected chi connectivity index (χ1v) is 9.11. The van der Waals surface area contributed by atoms with E-state index in [1.807, 2.05) is 0 Å². The lowest BCUT2D eigenvalue weighted by atomic mass is 10.1. The van der Waals surface area contributed by atoms with Gasteiger partial charge in [-0.2, -0.15) is 0 Å². The van der Waals surface area contributed by atoms with Gasteiger partial charge < -0.3 is 15.1 Å². The van der Waals surface area contributed by atoms with Crippen molar-refractivity contribution in [3.63, 3.8) is 0 Å². The molecule has 7 heteroatoms. The molecule has 2 aromatic rings. The Hall–Kier alpha value is -3.22. The summed E-state index contributed by atoms with van der Waals surface area (Å²) in [4.78, 5) is 39.6. The molecule has 0 radical (unpaired) electrons. The molecule has 3 rings (SSSR count). The summed E-state index contributed by atoms with van der Waals surface area (Å²) in [6, 6.07) is 12.4. The number of nitrogens with zero attached hydrogens (tertiary/aromatic N) is 2. The summed E-state index contributed by atoms with van der Waals surface area (Å²) < 4.78 is 12.9. The molecular weight excluding hydrogens is 361 g/mol. The quantitative estimate of drug-likeness (QED) is 0.879. The molecule has 0 aliphatic carbocycles. The minimum atomic E-state index is -0.321. The lowest BCUT2D eigenvalue weighted by Gasteiger charge is -2.34. The largest absolute Gasteiger partial charge is 0.348 e. The van der Waals surface area contributed by atoms with Crippen LogP contribution < -0.4 is 5.32 Å². The van der Waals surface area contributed by atoms with Crippen molar-refractivity contribution in [2.45, 2.75) is 13.5 Å². The van der Waals surface area contributed by atoms with E-state index >= 15 is 0 Å². The predicted molar refractivity (Wildman–Crippen MR) is 102 cm³/mol. The number of piperazine rings is 1. The lowest BCUT2D eigenvalue weighted by Crippen LogP contribution is -2.50. The molecule has 1 heterocycles. The van der Waals surface area contributed by atoms with Gasteiger partial charge in [-0.1, -0.05) is 12.1 Å². The fraction of sp³-hybridized carbons (Fsp3) is 0.286. The van der Waals surface area contributed by atoms with Crippen molar-refractivity contribution < 1.29 is 18.8 Å². The van der Waals surface area contributed by atoms with Gasteiger partial charge in [0.1, 0.15) is 5.82 Å². The van der Waals surface area contributed by atoms with Gasteiger partial charge in [-0.05, 0) is 42.0 Å². The number of rotatable bonds is 4. The molecule has 1 saturated heterocycles. The van der Waals surface area contributed by atoms with E-state index in [1.54, 1.807) is 46.2 Å². The molecule has 28 heavy (non-hydrogen) atoms. The van der Waals surface area contributed by atoms with Gasteiger partial charge in [-0.15, -0.1) is 0 Å². The van der Waals surface area contributed by atoms with Crippen LogP contribution in [0.4, 0.5) is 4.39 Å². The van der Waals surface area contributed by atoms with E-state index in [-0.39, 0.29) is 23.5 Å². The zero-order valence-corrected chi connectivity index (χ0v) is 15.7. The van der Waals surface area contributed by atoms with Crippen LogP contribution in [0.25, 0.3) is 0 Å². The first-order chi connectivity index (χ1) is 13.4. The van der Waals surface area contributed by atoms with Crippen molar-refractivity contribution in [2.24, 2.45) is 0 Å². The summed E-state index contributed by atoms with van der Waals surface area (Å²) in [6.07, 6.45) is 0. The van der Waals surface area contributed by atoms with Crippen LogP contribution in [0.5, 0.6) is 0 Å². The second-order valence-corrected chi connectivity index (χ2v) is 6.68. The smallest absolute Gasteiger partial charge is 0.253 e. The Kier molecular flexibility index (Phi) is 6.03. The van der Waals surface area contributed by atoms with Gasteiger partial charge in [-0.3, -0.25) is 14.4 Å². The van der Waals surface area contributed by atoms with Gasteiger partial charge in [0.2, 0.25) is 5.91 Å². The Morgan fingerprint density at radius 3 is 1.96 bits per heavy atom. The topological polar surface area (TPSA) is 69.7 Å². The zero-order valence-electron chi connectivity index (χ0n) is 15.7. The second kappa shape index (κ2) is 8.65. The van der Waals surface area contributed by atoms with Gasteiger partial charge in [0.05, 0.1) is 0 Å². The molecule has 0 unspecified atom stereocenters. The molecule has 6 nitrogen and oxygen atoms in total. The summed E-state index contributed by atoms with van der Waals surface area (Å²) in [7, 11) is 0. The number of hydrogen-bond donors (Lipinski definition) is 1.